The molecule has 0 aliphatic heterocycles. The number of anilines is 2. The van der Waals surface area contributed by atoms with Gasteiger partial charge in [-0.3, -0.25) is 0 Å². The first-order valence-electron chi connectivity index (χ1n) is 4.77. The normalized spacial score (nSPS) is 10.4. The number of halogens is 3. The van der Waals surface area contributed by atoms with Crippen LogP contribution in [-0.4, -0.2) is 9.97 Å². The Balaban J connectivity index is 2.39. The van der Waals surface area contributed by atoms with Crippen molar-refractivity contribution in [1.29, 1.82) is 0 Å². The van der Waals surface area contributed by atoms with E-state index < -0.39 is 11.6 Å². The zero-order chi connectivity index (χ0) is 12.4. The van der Waals surface area contributed by atoms with Gasteiger partial charge < -0.3 is 5.32 Å². The second-order valence-electron chi connectivity index (χ2n) is 3.40. The van der Waals surface area contributed by atoms with Crippen LogP contribution in [0.3, 0.4) is 0 Å². The fraction of sp³-hybridized carbons (Fsp3) is 0.0909. The lowest BCUT2D eigenvalue weighted by Gasteiger charge is -2.09. The Morgan fingerprint density at radius 1 is 1.24 bits per heavy atom. The molecule has 0 atom stereocenters. The van der Waals surface area contributed by atoms with Crippen LogP contribution in [0.15, 0.2) is 24.5 Å². The van der Waals surface area contributed by atoms with Gasteiger partial charge >= 0.3 is 0 Å². The van der Waals surface area contributed by atoms with E-state index in [1.807, 2.05) is 0 Å². The van der Waals surface area contributed by atoms with Gasteiger partial charge in [0.25, 0.3) is 0 Å². The molecule has 0 amide bonds. The SMILES string of the molecule is Cc1ccc(F)c(Nc2cc(Cl)ncn2)c1F. The highest BCUT2D eigenvalue weighted by Gasteiger charge is 2.12. The van der Waals surface area contributed by atoms with Crippen LogP contribution >= 0.6 is 11.6 Å². The number of hydrogen-bond donors (Lipinski definition) is 1. The molecule has 0 radical (unpaired) electrons. The van der Waals surface area contributed by atoms with Crippen LogP contribution in [0.25, 0.3) is 0 Å². The Kier molecular flexibility index (Phi) is 3.19. The summed E-state index contributed by atoms with van der Waals surface area (Å²) in [5.74, 6) is -1.11. The molecule has 6 heteroatoms. The molecule has 0 bridgehead atoms. The van der Waals surface area contributed by atoms with Gasteiger partial charge in [-0.05, 0) is 18.6 Å². The zero-order valence-electron chi connectivity index (χ0n) is 8.84. The number of nitrogens with zero attached hydrogens (tertiary/aromatic N) is 2. The van der Waals surface area contributed by atoms with Gasteiger partial charge in [0.1, 0.15) is 28.8 Å². The first kappa shape index (κ1) is 11.7. The summed E-state index contributed by atoms with van der Waals surface area (Å²) >= 11 is 5.64. The van der Waals surface area contributed by atoms with Gasteiger partial charge in [0.05, 0.1) is 0 Å². The molecular formula is C11H8ClF2N3. The highest BCUT2D eigenvalue weighted by molar-refractivity contribution is 6.29. The van der Waals surface area contributed by atoms with Gasteiger partial charge in [-0.2, -0.15) is 0 Å². The van der Waals surface area contributed by atoms with Gasteiger partial charge in [0.2, 0.25) is 0 Å². The predicted octanol–water partition coefficient (Wildman–Crippen LogP) is 3.46. The minimum Gasteiger partial charge on any atom is -0.335 e. The molecule has 0 unspecified atom stereocenters. The number of aryl methyl sites for hydroxylation is 1. The Bertz CT molecular complexity index is 560. The number of rotatable bonds is 2. The molecule has 0 spiro atoms. The molecule has 17 heavy (non-hydrogen) atoms. The van der Waals surface area contributed by atoms with Crippen molar-refractivity contribution >= 4 is 23.1 Å². The molecule has 1 aromatic carbocycles. The summed E-state index contributed by atoms with van der Waals surface area (Å²) in [6.07, 6.45) is 1.20. The molecule has 3 nitrogen and oxygen atoms in total. The van der Waals surface area contributed by atoms with Crippen molar-refractivity contribution in [2.75, 3.05) is 5.32 Å². The maximum absolute atomic E-state index is 13.7. The molecule has 88 valence electrons. The van der Waals surface area contributed by atoms with Crippen LogP contribution in [-0.2, 0) is 0 Å². The van der Waals surface area contributed by atoms with E-state index in [1.54, 1.807) is 6.92 Å². The maximum atomic E-state index is 13.7. The summed E-state index contributed by atoms with van der Waals surface area (Å²) in [5, 5.41) is 2.73. The molecule has 1 N–H and O–H groups in total. The minimum absolute atomic E-state index is 0.191. The van der Waals surface area contributed by atoms with Crippen molar-refractivity contribution in [3.05, 3.63) is 46.9 Å². The summed E-state index contributed by atoms with van der Waals surface area (Å²) in [4.78, 5) is 7.48. The van der Waals surface area contributed by atoms with Crippen molar-refractivity contribution in [2.24, 2.45) is 0 Å². The molecule has 2 rings (SSSR count). The number of aromatic nitrogens is 2. The average molecular weight is 256 g/mol. The third-order valence-electron chi connectivity index (χ3n) is 2.17. The van der Waals surface area contributed by atoms with E-state index in [2.05, 4.69) is 15.3 Å². The summed E-state index contributed by atoms with van der Waals surface area (Å²) in [7, 11) is 0. The highest BCUT2D eigenvalue weighted by atomic mass is 35.5. The van der Waals surface area contributed by atoms with Crippen LogP contribution in [0.4, 0.5) is 20.3 Å². The molecule has 2 aromatic rings. The summed E-state index contributed by atoms with van der Waals surface area (Å²) < 4.78 is 27.1. The van der Waals surface area contributed by atoms with Crippen molar-refractivity contribution < 1.29 is 8.78 Å². The molecule has 0 saturated heterocycles. The Labute approximate surface area is 101 Å². The average Bonchev–Trinajstić information content (AvgIpc) is 2.30. The molecule has 0 aliphatic rings. The number of benzene rings is 1. The van der Waals surface area contributed by atoms with E-state index in [-0.39, 0.29) is 16.7 Å². The fourth-order valence-corrected chi connectivity index (χ4v) is 1.45. The van der Waals surface area contributed by atoms with Gasteiger partial charge in [0.15, 0.2) is 5.82 Å². The topological polar surface area (TPSA) is 37.8 Å². The van der Waals surface area contributed by atoms with E-state index in [0.717, 1.165) is 0 Å². The third-order valence-corrected chi connectivity index (χ3v) is 2.38. The summed E-state index contributed by atoms with van der Waals surface area (Å²) in [6, 6.07) is 3.93. The zero-order valence-corrected chi connectivity index (χ0v) is 9.59. The Morgan fingerprint density at radius 3 is 2.71 bits per heavy atom. The van der Waals surface area contributed by atoms with E-state index in [4.69, 9.17) is 11.6 Å². The van der Waals surface area contributed by atoms with E-state index in [1.165, 1.54) is 24.5 Å². The minimum atomic E-state index is -0.692. The number of hydrogen-bond acceptors (Lipinski definition) is 3. The number of nitrogens with one attached hydrogen (secondary N) is 1. The maximum Gasteiger partial charge on any atom is 0.152 e. The van der Waals surface area contributed by atoms with E-state index in [0.29, 0.717) is 5.56 Å². The van der Waals surface area contributed by atoms with Gasteiger partial charge in [-0.1, -0.05) is 17.7 Å². The van der Waals surface area contributed by atoms with E-state index >= 15 is 0 Å². The highest BCUT2D eigenvalue weighted by Crippen LogP contribution is 2.25. The van der Waals surface area contributed by atoms with Crippen molar-refractivity contribution in [2.45, 2.75) is 6.92 Å². The third kappa shape index (κ3) is 2.50. The van der Waals surface area contributed by atoms with Crippen LogP contribution < -0.4 is 5.32 Å². The standard InChI is InChI=1S/C11H8ClF2N3/c1-6-2-3-7(13)11(10(6)14)17-9-4-8(12)15-5-16-9/h2-5H,1H3,(H,15,16,17). The van der Waals surface area contributed by atoms with Gasteiger partial charge in [0, 0.05) is 6.07 Å². The molecule has 0 fully saturated rings. The summed E-state index contributed by atoms with van der Waals surface area (Å²) in [5.41, 5.74) is 0.0915. The Hall–Kier alpha value is -1.75. The van der Waals surface area contributed by atoms with Crippen LogP contribution in [0, 0.1) is 18.6 Å². The van der Waals surface area contributed by atoms with Crippen LogP contribution in [0.5, 0.6) is 0 Å². The van der Waals surface area contributed by atoms with Crippen molar-refractivity contribution in [3.8, 4) is 0 Å². The van der Waals surface area contributed by atoms with Crippen molar-refractivity contribution in [1.82, 2.24) is 9.97 Å². The second kappa shape index (κ2) is 4.63. The monoisotopic (exact) mass is 255 g/mol. The quantitative estimate of drug-likeness (QED) is 0.835. The lowest BCUT2D eigenvalue weighted by Crippen LogP contribution is -2.01. The van der Waals surface area contributed by atoms with Gasteiger partial charge in [-0.25, -0.2) is 18.7 Å². The Morgan fingerprint density at radius 2 is 2.00 bits per heavy atom. The second-order valence-corrected chi connectivity index (χ2v) is 3.79. The van der Waals surface area contributed by atoms with Crippen molar-refractivity contribution in [3.63, 3.8) is 0 Å². The van der Waals surface area contributed by atoms with Crippen LogP contribution in [0.1, 0.15) is 5.56 Å². The van der Waals surface area contributed by atoms with Crippen LogP contribution in [0.2, 0.25) is 5.15 Å². The molecule has 0 saturated carbocycles. The first-order chi connectivity index (χ1) is 8.08. The lowest BCUT2D eigenvalue weighted by atomic mass is 10.2. The molecule has 1 aromatic heterocycles. The molecular weight excluding hydrogens is 248 g/mol. The smallest absolute Gasteiger partial charge is 0.152 e. The fourth-order valence-electron chi connectivity index (χ4n) is 1.30. The predicted molar refractivity (Wildman–Crippen MR) is 61.4 cm³/mol. The largest absolute Gasteiger partial charge is 0.335 e. The van der Waals surface area contributed by atoms with Gasteiger partial charge in [-0.15, -0.1) is 0 Å². The van der Waals surface area contributed by atoms with E-state index in [9.17, 15) is 8.78 Å². The molecule has 0 aliphatic carbocycles. The lowest BCUT2D eigenvalue weighted by molar-refractivity contribution is 0.584. The summed E-state index contributed by atoms with van der Waals surface area (Å²) in [6.45, 7) is 1.55. The molecule has 1 heterocycles. The first-order valence-corrected chi connectivity index (χ1v) is 5.15.